The number of hydrogen-bond acceptors (Lipinski definition) is 6. The Hall–Kier alpha value is -2.22. The molecule has 1 atom stereocenters. The van der Waals surface area contributed by atoms with E-state index in [1.165, 1.54) is 22.2 Å². The summed E-state index contributed by atoms with van der Waals surface area (Å²) in [6, 6.07) is 0. The average molecular weight is 394 g/mol. The van der Waals surface area contributed by atoms with Crippen LogP contribution in [0.25, 0.3) is 10.2 Å². The van der Waals surface area contributed by atoms with Crippen LogP contribution in [0.15, 0.2) is 11.1 Å². The zero-order valence-electron chi connectivity index (χ0n) is 16.9. The van der Waals surface area contributed by atoms with Crippen molar-refractivity contribution in [3.05, 3.63) is 27.1 Å². The molecule has 0 aliphatic rings. The van der Waals surface area contributed by atoms with E-state index in [0.29, 0.717) is 10.2 Å². The minimum atomic E-state index is -0.922. The molecule has 0 unspecified atom stereocenters. The second kappa shape index (κ2) is 7.80. The van der Waals surface area contributed by atoms with Gasteiger partial charge in [-0.15, -0.1) is 11.3 Å². The smallest absolute Gasteiger partial charge is 0.326 e. The number of thiophene rings is 1. The van der Waals surface area contributed by atoms with Gasteiger partial charge in [0.2, 0.25) is 0 Å². The van der Waals surface area contributed by atoms with Gasteiger partial charge in [0.1, 0.15) is 11.4 Å². The van der Waals surface area contributed by atoms with Crippen molar-refractivity contribution >= 4 is 33.4 Å². The maximum atomic E-state index is 12.7. The first kappa shape index (κ1) is 21.1. The van der Waals surface area contributed by atoms with Gasteiger partial charge in [0.15, 0.2) is 6.10 Å². The third-order valence-electron chi connectivity index (χ3n) is 4.08. The van der Waals surface area contributed by atoms with Crippen LogP contribution in [0.2, 0.25) is 0 Å². The third kappa shape index (κ3) is 4.94. The molecule has 0 saturated heterocycles. The molecule has 1 amide bonds. The van der Waals surface area contributed by atoms with Gasteiger partial charge in [-0.2, -0.15) is 0 Å². The second-order valence-electron chi connectivity index (χ2n) is 8.03. The Bertz CT molecular complexity index is 921. The zero-order valence-corrected chi connectivity index (χ0v) is 17.7. The predicted octanol–water partition coefficient (Wildman–Crippen LogP) is 2.56. The molecule has 0 radical (unpaired) electrons. The number of carbonyl (C=O) groups excluding carboxylic acids is 2. The van der Waals surface area contributed by atoms with Crippen molar-refractivity contribution in [2.75, 3.05) is 0 Å². The van der Waals surface area contributed by atoms with E-state index in [9.17, 15) is 14.4 Å². The molecule has 2 rings (SSSR count). The summed E-state index contributed by atoms with van der Waals surface area (Å²) in [6.45, 7) is 12.7. The third-order valence-corrected chi connectivity index (χ3v) is 5.19. The van der Waals surface area contributed by atoms with E-state index in [4.69, 9.17) is 4.74 Å². The number of carbonyl (C=O) groups is 2. The molecule has 2 heterocycles. The second-order valence-corrected chi connectivity index (χ2v) is 9.24. The SMILES string of the molecule is Cc1sc2ncn(CC(=O)O[C@@H](C(=O)NC(C)(C)C)C(C)C)c(=O)c2c1C. The van der Waals surface area contributed by atoms with Crippen molar-refractivity contribution in [3.63, 3.8) is 0 Å². The minimum Gasteiger partial charge on any atom is -0.451 e. The van der Waals surface area contributed by atoms with Gasteiger partial charge in [0, 0.05) is 10.4 Å². The summed E-state index contributed by atoms with van der Waals surface area (Å²) < 4.78 is 6.62. The number of aromatic nitrogens is 2. The lowest BCUT2D eigenvalue weighted by molar-refractivity contribution is -0.159. The van der Waals surface area contributed by atoms with Gasteiger partial charge in [-0.1, -0.05) is 13.8 Å². The molecule has 1 N–H and O–H groups in total. The normalized spacial score (nSPS) is 13.0. The van der Waals surface area contributed by atoms with Gasteiger partial charge in [0.05, 0.1) is 11.7 Å². The Labute approximate surface area is 162 Å². The molecule has 7 nitrogen and oxygen atoms in total. The number of nitrogens with zero attached hydrogens (tertiary/aromatic N) is 2. The van der Waals surface area contributed by atoms with Crippen LogP contribution in [-0.4, -0.2) is 33.1 Å². The Morgan fingerprint density at radius 3 is 2.48 bits per heavy atom. The van der Waals surface area contributed by atoms with E-state index in [-0.39, 0.29) is 23.9 Å². The van der Waals surface area contributed by atoms with E-state index < -0.39 is 17.6 Å². The van der Waals surface area contributed by atoms with E-state index in [1.807, 2.05) is 34.6 Å². The standard InChI is InChI=1S/C19H27N3O4S/c1-10(2)15(16(24)21-19(5,6)7)26-13(23)8-22-9-20-17-14(18(22)25)11(3)12(4)27-17/h9-10,15H,8H2,1-7H3,(H,21,24)/t15-/m1/s1. The number of nitrogens with one attached hydrogen (secondary N) is 1. The highest BCUT2D eigenvalue weighted by atomic mass is 32.1. The Morgan fingerprint density at radius 1 is 1.30 bits per heavy atom. The van der Waals surface area contributed by atoms with Crippen molar-refractivity contribution in [1.29, 1.82) is 0 Å². The van der Waals surface area contributed by atoms with E-state index in [0.717, 1.165) is 10.4 Å². The van der Waals surface area contributed by atoms with Gasteiger partial charge < -0.3 is 10.1 Å². The van der Waals surface area contributed by atoms with Crippen LogP contribution in [0, 0.1) is 19.8 Å². The van der Waals surface area contributed by atoms with Crippen LogP contribution in [0.1, 0.15) is 45.1 Å². The van der Waals surface area contributed by atoms with Crippen molar-refractivity contribution in [2.24, 2.45) is 5.92 Å². The number of aryl methyl sites for hydroxylation is 2. The van der Waals surface area contributed by atoms with E-state index in [2.05, 4.69) is 10.3 Å². The number of amides is 1. The Morgan fingerprint density at radius 2 is 1.93 bits per heavy atom. The molecule has 0 aliphatic carbocycles. The van der Waals surface area contributed by atoms with E-state index in [1.54, 1.807) is 13.8 Å². The highest BCUT2D eigenvalue weighted by Crippen LogP contribution is 2.25. The summed E-state index contributed by atoms with van der Waals surface area (Å²) in [5.41, 5.74) is 0.163. The van der Waals surface area contributed by atoms with Crippen LogP contribution in [0.3, 0.4) is 0 Å². The predicted molar refractivity (Wildman–Crippen MR) is 106 cm³/mol. The van der Waals surface area contributed by atoms with Crippen LogP contribution in [0.5, 0.6) is 0 Å². The molecule has 8 heteroatoms. The first-order valence-corrected chi connectivity index (χ1v) is 9.69. The molecule has 0 saturated carbocycles. The maximum absolute atomic E-state index is 12.7. The number of esters is 1. The Balaban J connectivity index is 2.20. The first-order chi connectivity index (χ1) is 12.4. The minimum absolute atomic E-state index is 0.199. The van der Waals surface area contributed by atoms with Crippen molar-refractivity contribution in [1.82, 2.24) is 14.9 Å². The lowest BCUT2D eigenvalue weighted by atomic mass is 10.0. The molecule has 0 fully saturated rings. The average Bonchev–Trinajstić information content (AvgIpc) is 2.81. The molecule has 0 spiro atoms. The fourth-order valence-corrected chi connectivity index (χ4v) is 3.62. The fraction of sp³-hybridized carbons (Fsp3) is 0.579. The monoisotopic (exact) mass is 393 g/mol. The molecule has 148 valence electrons. The van der Waals surface area contributed by atoms with Gasteiger partial charge in [-0.3, -0.25) is 19.0 Å². The van der Waals surface area contributed by atoms with Gasteiger partial charge in [0.25, 0.3) is 11.5 Å². The van der Waals surface area contributed by atoms with Crippen molar-refractivity contribution in [2.45, 2.75) is 66.7 Å². The molecular weight excluding hydrogens is 366 g/mol. The Kier molecular flexibility index (Phi) is 6.09. The van der Waals surface area contributed by atoms with Gasteiger partial charge in [-0.05, 0) is 46.1 Å². The lowest BCUT2D eigenvalue weighted by Gasteiger charge is -2.26. The largest absolute Gasteiger partial charge is 0.451 e. The van der Waals surface area contributed by atoms with Crippen LogP contribution >= 0.6 is 11.3 Å². The van der Waals surface area contributed by atoms with Crippen LogP contribution in [-0.2, 0) is 20.9 Å². The highest BCUT2D eigenvalue weighted by Gasteiger charge is 2.29. The van der Waals surface area contributed by atoms with Crippen LogP contribution < -0.4 is 10.9 Å². The maximum Gasteiger partial charge on any atom is 0.326 e. The summed E-state index contributed by atoms with van der Waals surface area (Å²) in [5, 5.41) is 3.35. The molecule has 2 aromatic rings. The highest BCUT2D eigenvalue weighted by molar-refractivity contribution is 7.18. The summed E-state index contributed by atoms with van der Waals surface area (Å²) in [5.74, 6) is -1.20. The van der Waals surface area contributed by atoms with E-state index >= 15 is 0 Å². The number of ether oxygens (including phenoxy) is 1. The summed E-state index contributed by atoms with van der Waals surface area (Å²) in [6.07, 6.45) is 0.426. The molecule has 2 aromatic heterocycles. The first-order valence-electron chi connectivity index (χ1n) is 8.87. The number of fused-ring (bicyclic) bond motifs is 1. The molecule has 27 heavy (non-hydrogen) atoms. The van der Waals surface area contributed by atoms with Gasteiger partial charge >= 0.3 is 5.97 Å². The molecule has 0 aromatic carbocycles. The fourth-order valence-electron chi connectivity index (χ4n) is 2.63. The van der Waals surface area contributed by atoms with Crippen molar-refractivity contribution < 1.29 is 14.3 Å². The zero-order chi connectivity index (χ0) is 20.5. The van der Waals surface area contributed by atoms with Gasteiger partial charge in [-0.25, -0.2) is 4.98 Å². The van der Waals surface area contributed by atoms with Crippen molar-refractivity contribution in [3.8, 4) is 0 Å². The summed E-state index contributed by atoms with van der Waals surface area (Å²) in [7, 11) is 0. The summed E-state index contributed by atoms with van der Waals surface area (Å²) >= 11 is 1.45. The molecule has 0 bridgehead atoms. The molecular formula is C19H27N3O4S. The number of hydrogen-bond donors (Lipinski definition) is 1. The van der Waals surface area contributed by atoms with Crippen LogP contribution in [0.4, 0.5) is 0 Å². The molecule has 0 aliphatic heterocycles. The topological polar surface area (TPSA) is 90.3 Å². The quantitative estimate of drug-likeness (QED) is 0.789. The number of rotatable bonds is 5. The lowest BCUT2D eigenvalue weighted by Crippen LogP contribution is -2.49. The summed E-state index contributed by atoms with van der Waals surface area (Å²) in [4.78, 5) is 43.4.